The van der Waals surface area contributed by atoms with Gasteiger partial charge in [0.1, 0.15) is 6.04 Å². The van der Waals surface area contributed by atoms with Gasteiger partial charge in [0.25, 0.3) is 0 Å². The van der Waals surface area contributed by atoms with E-state index in [4.69, 9.17) is 21.1 Å². The molecule has 0 saturated carbocycles. The molecular weight excluding hydrogens is 578 g/mol. The Morgan fingerprint density at radius 3 is 2.43 bits per heavy atom. The molecule has 2 amide bonds. The standard InChI is InChI=1S/C31H36ClN3O6S/c1-3-17-33-31(37)27(19-23-10-5-4-6-11-23)34(21-24-12-7-8-13-26(24)32)30(36)14-9-18-35(42(2,38)39)25-15-16-28-29(20-25)41-22-40-28/h4-8,10-13,15-16,20,27H,3,9,14,17-19,21-22H2,1-2H3,(H,33,37)/t27-/m1/s1. The molecule has 224 valence electrons. The summed E-state index contributed by atoms with van der Waals surface area (Å²) in [4.78, 5) is 28.9. The summed E-state index contributed by atoms with van der Waals surface area (Å²) in [5, 5.41) is 3.44. The van der Waals surface area contributed by atoms with Crippen molar-refractivity contribution < 1.29 is 27.5 Å². The van der Waals surface area contributed by atoms with Crippen molar-refractivity contribution in [2.75, 3.05) is 30.4 Å². The third kappa shape index (κ3) is 8.17. The summed E-state index contributed by atoms with van der Waals surface area (Å²) in [5.41, 5.74) is 2.05. The number of hydrogen-bond acceptors (Lipinski definition) is 6. The van der Waals surface area contributed by atoms with Gasteiger partial charge in [0.15, 0.2) is 11.5 Å². The third-order valence-electron chi connectivity index (χ3n) is 6.92. The Morgan fingerprint density at radius 1 is 1.00 bits per heavy atom. The molecule has 9 nitrogen and oxygen atoms in total. The van der Waals surface area contributed by atoms with Gasteiger partial charge in [-0.2, -0.15) is 0 Å². The van der Waals surface area contributed by atoms with Crippen LogP contribution in [0.15, 0.2) is 72.8 Å². The summed E-state index contributed by atoms with van der Waals surface area (Å²) < 4.78 is 37.4. The zero-order chi connectivity index (χ0) is 30.1. The van der Waals surface area contributed by atoms with Crippen LogP contribution in [0.3, 0.4) is 0 Å². The maximum absolute atomic E-state index is 13.9. The minimum Gasteiger partial charge on any atom is -0.454 e. The first-order valence-corrected chi connectivity index (χ1v) is 16.1. The fraction of sp³-hybridized carbons (Fsp3) is 0.355. The van der Waals surface area contributed by atoms with Gasteiger partial charge in [0.2, 0.25) is 28.6 Å². The summed E-state index contributed by atoms with van der Waals surface area (Å²) in [7, 11) is -3.66. The lowest BCUT2D eigenvalue weighted by Gasteiger charge is -2.32. The zero-order valence-electron chi connectivity index (χ0n) is 23.8. The van der Waals surface area contributed by atoms with Gasteiger partial charge in [0.05, 0.1) is 11.9 Å². The Bertz CT molecular complexity index is 1480. The van der Waals surface area contributed by atoms with Crippen LogP contribution in [0.25, 0.3) is 0 Å². The highest BCUT2D eigenvalue weighted by Gasteiger charge is 2.31. The number of benzene rings is 3. The fourth-order valence-electron chi connectivity index (χ4n) is 4.77. The molecule has 11 heteroatoms. The molecule has 1 atom stereocenters. The topological polar surface area (TPSA) is 105 Å². The van der Waals surface area contributed by atoms with Gasteiger partial charge in [-0.25, -0.2) is 8.42 Å². The van der Waals surface area contributed by atoms with Crippen LogP contribution < -0.4 is 19.1 Å². The number of amides is 2. The van der Waals surface area contributed by atoms with E-state index in [1.54, 1.807) is 29.2 Å². The summed E-state index contributed by atoms with van der Waals surface area (Å²) in [5.74, 6) is 0.481. The van der Waals surface area contributed by atoms with E-state index in [-0.39, 0.29) is 44.5 Å². The molecule has 0 aliphatic carbocycles. The fourth-order valence-corrected chi connectivity index (χ4v) is 5.93. The van der Waals surface area contributed by atoms with E-state index in [1.807, 2.05) is 55.5 Å². The summed E-state index contributed by atoms with van der Waals surface area (Å²) >= 11 is 6.47. The van der Waals surface area contributed by atoms with E-state index in [0.29, 0.717) is 40.7 Å². The van der Waals surface area contributed by atoms with Crippen molar-refractivity contribution in [3.8, 4) is 11.5 Å². The van der Waals surface area contributed by atoms with Crippen molar-refractivity contribution in [3.63, 3.8) is 0 Å². The molecule has 1 aliphatic rings. The van der Waals surface area contributed by atoms with Crippen molar-refractivity contribution in [3.05, 3.63) is 88.9 Å². The van der Waals surface area contributed by atoms with Crippen LogP contribution in [-0.4, -0.2) is 57.3 Å². The van der Waals surface area contributed by atoms with Crippen molar-refractivity contribution in [1.82, 2.24) is 10.2 Å². The van der Waals surface area contributed by atoms with E-state index >= 15 is 0 Å². The maximum Gasteiger partial charge on any atom is 0.243 e. The summed E-state index contributed by atoms with van der Waals surface area (Å²) in [6.45, 7) is 2.72. The van der Waals surface area contributed by atoms with Crippen LogP contribution in [0.1, 0.15) is 37.3 Å². The Balaban J connectivity index is 1.57. The van der Waals surface area contributed by atoms with Gasteiger partial charge in [0, 0.05) is 43.6 Å². The lowest BCUT2D eigenvalue weighted by Crippen LogP contribution is -2.50. The minimum absolute atomic E-state index is 0.0212. The van der Waals surface area contributed by atoms with Crippen LogP contribution in [0.2, 0.25) is 5.02 Å². The van der Waals surface area contributed by atoms with Gasteiger partial charge >= 0.3 is 0 Å². The lowest BCUT2D eigenvalue weighted by molar-refractivity contribution is -0.141. The first-order chi connectivity index (χ1) is 20.2. The van der Waals surface area contributed by atoms with E-state index < -0.39 is 16.1 Å². The molecule has 0 bridgehead atoms. The van der Waals surface area contributed by atoms with Crippen LogP contribution in [0, 0.1) is 0 Å². The molecule has 1 N–H and O–H groups in total. The van der Waals surface area contributed by atoms with Crippen LogP contribution in [0.5, 0.6) is 11.5 Å². The largest absolute Gasteiger partial charge is 0.454 e. The Kier molecular flexibility index (Phi) is 10.7. The Morgan fingerprint density at radius 2 is 1.71 bits per heavy atom. The molecule has 0 fully saturated rings. The van der Waals surface area contributed by atoms with E-state index in [1.165, 1.54) is 4.31 Å². The van der Waals surface area contributed by atoms with Crippen LogP contribution in [0.4, 0.5) is 5.69 Å². The average Bonchev–Trinajstić information content (AvgIpc) is 3.44. The molecule has 0 saturated heterocycles. The number of anilines is 1. The molecule has 1 heterocycles. The molecule has 0 spiro atoms. The normalized spacial score (nSPS) is 12.9. The maximum atomic E-state index is 13.9. The summed E-state index contributed by atoms with van der Waals surface area (Å²) in [6.07, 6.45) is 2.45. The van der Waals surface area contributed by atoms with Crippen LogP contribution in [-0.2, 0) is 32.6 Å². The molecule has 4 rings (SSSR count). The minimum atomic E-state index is -3.66. The highest BCUT2D eigenvalue weighted by molar-refractivity contribution is 7.92. The van der Waals surface area contributed by atoms with Gasteiger partial charge in [-0.1, -0.05) is 67.1 Å². The number of carbonyl (C=O) groups is 2. The molecule has 0 radical (unpaired) electrons. The monoisotopic (exact) mass is 613 g/mol. The second kappa shape index (κ2) is 14.4. The van der Waals surface area contributed by atoms with Gasteiger partial charge in [-0.15, -0.1) is 0 Å². The lowest BCUT2D eigenvalue weighted by atomic mass is 10.0. The van der Waals surface area contributed by atoms with Gasteiger partial charge < -0.3 is 19.7 Å². The Labute approximate surface area is 252 Å². The number of sulfonamides is 1. The highest BCUT2D eigenvalue weighted by atomic mass is 35.5. The quantitative estimate of drug-likeness (QED) is 0.281. The molecule has 3 aromatic rings. The van der Waals surface area contributed by atoms with Crippen molar-refractivity contribution in [2.24, 2.45) is 0 Å². The molecule has 0 unspecified atom stereocenters. The predicted octanol–water partition coefficient (Wildman–Crippen LogP) is 4.78. The van der Waals surface area contributed by atoms with E-state index in [9.17, 15) is 18.0 Å². The second-order valence-electron chi connectivity index (χ2n) is 10.1. The molecule has 1 aliphatic heterocycles. The van der Waals surface area contributed by atoms with Gasteiger partial charge in [-0.3, -0.25) is 13.9 Å². The highest BCUT2D eigenvalue weighted by Crippen LogP contribution is 2.36. The predicted molar refractivity (Wildman–Crippen MR) is 163 cm³/mol. The van der Waals surface area contributed by atoms with Crippen molar-refractivity contribution >= 4 is 39.1 Å². The number of rotatable bonds is 14. The summed E-state index contributed by atoms with van der Waals surface area (Å²) in [6, 6.07) is 20.9. The first-order valence-electron chi connectivity index (χ1n) is 13.9. The number of nitrogens with one attached hydrogen (secondary N) is 1. The van der Waals surface area contributed by atoms with Crippen LogP contribution >= 0.6 is 11.6 Å². The van der Waals surface area contributed by atoms with Gasteiger partial charge in [-0.05, 0) is 42.2 Å². The number of fused-ring (bicyclic) bond motifs is 1. The average molecular weight is 614 g/mol. The first kappa shape index (κ1) is 31.2. The third-order valence-corrected chi connectivity index (χ3v) is 8.48. The van der Waals surface area contributed by atoms with E-state index in [2.05, 4.69) is 5.32 Å². The number of hydrogen-bond donors (Lipinski definition) is 1. The molecular formula is C31H36ClN3O6S. The molecule has 42 heavy (non-hydrogen) atoms. The van der Waals surface area contributed by atoms with E-state index in [0.717, 1.165) is 18.2 Å². The Hall–Kier alpha value is -3.76. The zero-order valence-corrected chi connectivity index (χ0v) is 25.4. The van der Waals surface area contributed by atoms with Crippen molar-refractivity contribution in [2.45, 2.75) is 45.2 Å². The van der Waals surface area contributed by atoms with Crippen molar-refractivity contribution in [1.29, 1.82) is 0 Å². The number of halogens is 1. The molecule has 0 aromatic heterocycles. The SMILES string of the molecule is CCCNC(=O)[C@@H](Cc1ccccc1)N(Cc1ccccc1Cl)C(=O)CCCN(c1ccc2c(c1)OCO2)S(C)(=O)=O. The second-order valence-corrected chi connectivity index (χ2v) is 12.4. The smallest absolute Gasteiger partial charge is 0.243 e. The number of nitrogens with zero attached hydrogens (tertiary/aromatic N) is 2. The number of ether oxygens (including phenoxy) is 2. The molecule has 3 aromatic carbocycles. The number of carbonyl (C=O) groups excluding carboxylic acids is 2.